The quantitative estimate of drug-likeness (QED) is 0.209. The highest BCUT2D eigenvalue weighted by Gasteiger charge is 2.53. The van der Waals surface area contributed by atoms with Crippen LogP contribution in [0.25, 0.3) is 0 Å². The van der Waals surface area contributed by atoms with Crippen molar-refractivity contribution in [1.29, 1.82) is 0 Å². The zero-order chi connectivity index (χ0) is 30.0. The van der Waals surface area contributed by atoms with Gasteiger partial charge in [-0.05, 0) is 73.9 Å². The molecule has 0 saturated heterocycles. The van der Waals surface area contributed by atoms with Crippen LogP contribution >= 0.6 is 15.9 Å². The van der Waals surface area contributed by atoms with Gasteiger partial charge in [0.2, 0.25) is 5.90 Å². The Kier molecular flexibility index (Phi) is 11.4. The molecule has 2 atom stereocenters. The highest BCUT2D eigenvalue weighted by Crippen LogP contribution is 2.44. The molecule has 9 heteroatoms. The zero-order valence-corrected chi connectivity index (χ0v) is 25.9. The molecule has 4 rings (SSSR count). The summed E-state index contributed by atoms with van der Waals surface area (Å²) < 4.78 is 24.4. The first-order valence-electron chi connectivity index (χ1n) is 14.2. The molecule has 3 aromatic carbocycles. The third-order valence-electron chi connectivity index (χ3n) is 6.90. The summed E-state index contributed by atoms with van der Waals surface area (Å²) in [6.45, 7) is 5.46. The average Bonchev–Trinajstić information content (AvgIpc) is 3.39. The standard InChI is InChI=1S/C33H39BrN2O6/c1-23(2)40-19-7-17-35-32(38)33(22-26-9-4-5-12-29(26)34)30(25-10-6-11-28(21-25)39-3)42-31(36-33)24-13-15-27(16-14-24)41-20-8-18-37/h4-6,9-16,21,23,30,37H,7-8,17-20,22H2,1-3H3,(H,35,38)/t30-,33-/m1/s1. The first-order chi connectivity index (χ1) is 20.4. The van der Waals surface area contributed by atoms with Crippen molar-refractivity contribution < 1.29 is 28.8 Å². The lowest BCUT2D eigenvalue weighted by Gasteiger charge is -2.31. The summed E-state index contributed by atoms with van der Waals surface area (Å²) in [7, 11) is 1.61. The molecule has 224 valence electrons. The minimum absolute atomic E-state index is 0.0703. The molecule has 0 bridgehead atoms. The number of benzene rings is 3. The Labute approximate surface area is 256 Å². The molecular formula is C33H39BrN2O6. The molecule has 0 radical (unpaired) electrons. The maximum atomic E-state index is 14.3. The van der Waals surface area contributed by atoms with E-state index in [9.17, 15) is 4.79 Å². The van der Waals surface area contributed by atoms with Gasteiger partial charge in [-0.1, -0.05) is 46.3 Å². The monoisotopic (exact) mass is 638 g/mol. The number of ether oxygens (including phenoxy) is 4. The van der Waals surface area contributed by atoms with Crippen molar-refractivity contribution in [3.05, 3.63) is 94.0 Å². The first kappa shape index (κ1) is 31.5. The summed E-state index contributed by atoms with van der Waals surface area (Å²) in [5.41, 5.74) is 1.14. The predicted octanol–water partition coefficient (Wildman–Crippen LogP) is 5.65. The number of hydrogen-bond donors (Lipinski definition) is 2. The Balaban J connectivity index is 1.73. The van der Waals surface area contributed by atoms with Gasteiger partial charge < -0.3 is 29.4 Å². The Morgan fingerprint density at radius 2 is 1.83 bits per heavy atom. The minimum Gasteiger partial charge on any atom is -0.497 e. The molecular weight excluding hydrogens is 600 g/mol. The first-order valence-corrected chi connectivity index (χ1v) is 15.0. The molecule has 2 N–H and O–H groups in total. The van der Waals surface area contributed by atoms with Crippen LogP contribution in [0.15, 0.2) is 82.3 Å². The van der Waals surface area contributed by atoms with Gasteiger partial charge in [-0.15, -0.1) is 0 Å². The fourth-order valence-corrected chi connectivity index (χ4v) is 5.19. The van der Waals surface area contributed by atoms with Gasteiger partial charge in [-0.3, -0.25) is 4.79 Å². The van der Waals surface area contributed by atoms with E-state index in [1.807, 2.05) is 86.6 Å². The van der Waals surface area contributed by atoms with E-state index < -0.39 is 11.6 Å². The van der Waals surface area contributed by atoms with Crippen LogP contribution < -0.4 is 14.8 Å². The Hall–Kier alpha value is -3.40. The SMILES string of the molecule is COc1cccc([C@H]2OC(c3ccc(OCCCO)cc3)=N[C@@]2(Cc2ccccc2Br)C(=O)NCCCOC(C)C)c1. The molecule has 0 unspecified atom stereocenters. The van der Waals surface area contributed by atoms with Gasteiger partial charge in [0, 0.05) is 42.6 Å². The van der Waals surface area contributed by atoms with Gasteiger partial charge in [0.25, 0.3) is 5.91 Å². The largest absolute Gasteiger partial charge is 0.497 e. The van der Waals surface area contributed by atoms with Crippen LogP contribution in [0.4, 0.5) is 0 Å². The van der Waals surface area contributed by atoms with Crippen molar-refractivity contribution >= 4 is 27.7 Å². The maximum absolute atomic E-state index is 14.3. The van der Waals surface area contributed by atoms with E-state index in [0.29, 0.717) is 56.4 Å². The molecule has 1 aliphatic rings. The highest BCUT2D eigenvalue weighted by atomic mass is 79.9. The second-order valence-corrected chi connectivity index (χ2v) is 11.2. The Morgan fingerprint density at radius 3 is 2.55 bits per heavy atom. The predicted molar refractivity (Wildman–Crippen MR) is 166 cm³/mol. The number of nitrogens with one attached hydrogen (secondary N) is 1. The summed E-state index contributed by atoms with van der Waals surface area (Å²) in [5, 5.41) is 12.2. The number of rotatable bonds is 15. The molecule has 0 aliphatic carbocycles. The Bertz CT molecular complexity index is 1350. The number of carbonyl (C=O) groups is 1. The number of halogens is 1. The van der Waals surface area contributed by atoms with E-state index in [4.69, 9.17) is 29.0 Å². The van der Waals surface area contributed by atoms with E-state index in [1.165, 1.54) is 0 Å². The summed E-state index contributed by atoms with van der Waals surface area (Å²) in [6, 6.07) is 22.8. The van der Waals surface area contributed by atoms with Gasteiger partial charge in [0.1, 0.15) is 11.5 Å². The van der Waals surface area contributed by atoms with E-state index >= 15 is 0 Å². The average molecular weight is 640 g/mol. The highest BCUT2D eigenvalue weighted by molar-refractivity contribution is 9.10. The normalized spacial score (nSPS) is 18.0. The van der Waals surface area contributed by atoms with Crippen LogP contribution in [0.1, 0.15) is 49.5 Å². The van der Waals surface area contributed by atoms with Crippen LogP contribution in [0.3, 0.4) is 0 Å². The number of nitrogens with zero attached hydrogens (tertiary/aromatic N) is 1. The zero-order valence-electron chi connectivity index (χ0n) is 24.3. The lowest BCUT2D eigenvalue weighted by Crippen LogP contribution is -2.50. The van der Waals surface area contributed by atoms with E-state index in [-0.39, 0.29) is 18.6 Å². The van der Waals surface area contributed by atoms with Crippen LogP contribution in [-0.4, -0.2) is 62.0 Å². The van der Waals surface area contributed by atoms with Crippen LogP contribution in [-0.2, 0) is 20.7 Å². The topological polar surface area (TPSA) is 98.6 Å². The van der Waals surface area contributed by atoms with Crippen LogP contribution in [0.2, 0.25) is 0 Å². The second kappa shape index (κ2) is 15.2. The molecule has 1 amide bonds. The summed E-state index contributed by atoms with van der Waals surface area (Å²) >= 11 is 3.67. The summed E-state index contributed by atoms with van der Waals surface area (Å²) in [6.07, 6.45) is 0.935. The van der Waals surface area contributed by atoms with E-state index in [2.05, 4.69) is 21.2 Å². The fraction of sp³-hybridized carbons (Fsp3) is 0.394. The number of aliphatic hydroxyl groups excluding tert-OH is 1. The molecule has 0 saturated carbocycles. The molecule has 8 nitrogen and oxygen atoms in total. The smallest absolute Gasteiger partial charge is 0.252 e. The second-order valence-electron chi connectivity index (χ2n) is 10.4. The van der Waals surface area contributed by atoms with Crippen molar-refractivity contribution in [1.82, 2.24) is 5.32 Å². The van der Waals surface area contributed by atoms with Crippen molar-refractivity contribution in [2.45, 2.75) is 50.9 Å². The lowest BCUT2D eigenvalue weighted by molar-refractivity contribution is -0.129. The third-order valence-corrected chi connectivity index (χ3v) is 7.68. The van der Waals surface area contributed by atoms with Gasteiger partial charge in [-0.25, -0.2) is 4.99 Å². The molecule has 1 heterocycles. The maximum Gasteiger partial charge on any atom is 0.252 e. The van der Waals surface area contributed by atoms with Gasteiger partial charge in [-0.2, -0.15) is 0 Å². The van der Waals surface area contributed by atoms with Gasteiger partial charge in [0.05, 0.1) is 19.8 Å². The van der Waals surface area contributed by atoms with Gasteiger partial charge >= 0.3 is 0 Å². The molecule has 1 aliphatic heterocycles. The number of methoxy groups -OCH3 is 1. The van der Waals surface area contributed by atoms with Gasteiger partial charge in [0.15, 0.2) is 11.6 Å². The summed E-state index contributed by atoms with van der Waals surface area (Å²) in [5.74, 6) is 1.48. The lowest BCUT2D eigenvalue weighted by atomic mass is 9.82. The minimum atomic E-state index is -1.30. The van der Waals surface area contributed by atoms with Crippen molar-refractivity contribution in [3.63, 3.8) is 0 Å². The van der Waals surface area contributed by atoms with Crippen molar-refractivity contribution in [3.8, 4) is 11.5 Å². The fourth-order valence-electron chi connectivity index (χ4n) is 4.77. The number of aliphatic hydroxyl groups is 1. The molecule has 0 aromatic heterocycles. The van der Waals surface area contributed by atoms with E-state index in [0.717, 1.165) is 21.2 Å². The number of carbonyl (C=O) groups excluding carboxylic acids is 1. The van der Waals surface area contributed by atoms with Crippen LogP contribution in [0.5, 0.6) is 11.5 Å². The number of amides is 1. The summed E-state index contributed by atoms with van der Waals surface area (Å²) in [4.78, 5) is 19.4. The molecule has 42 heavy (non-hydrogen) atoms. The number of hydrogen-bond acceptors (Lipinski definition) is 7. The van der Waals surface area contributed by atoms with Crippen molar-refractivity contribution in [2.24, 2.45) is 4.99 Å². The molecule has 0 fully saturated rings. The molecule has 3 aromatic rings. The van der Waals surface area contributed by atoms with Crippen LogP contribution in [0, 0.1) is 0 Å². The van der Waals surface area contributed by atoms with E-state index in [1.54, 1.807) is 7.11 Å². The number of aliphatic imine (C=N–C) groups is 1. The molecule has 0 spiro atoms. The van der Waals surface area contributed by atoms with Crippen molar-refractivity contribution in [2.75, 3.05) is 33.5 Å². The Morgan fingerprint density at radius 1 is 1.05 bits per heavy atom. The third kappa shape index (κ3) is 7.91.